The van der Waals surface area contributed by atoms with E-state index in [-0.39, 0.29) is 0 Å². The summed E-state index contributed by atoms with van der Waals surface area (Å²) in [5.41, 5.74) is 2.32. The molecule has 4 heterocycles. The van der Waals surface area contributed by atoms with Gasteiger partial charge in [-0.05, 0) is 23.4 Å². The first-order chi connectivity index (χ1) is 15.3. The highest BCUT2D eigenvalue weighted by Crippen LogP contribution is 2.33. The van der Waals surface area contributed by atoms with Crippen molar-refractivity contribution in [2.45, 2.75) is 32.9 Å². The van der Waals surface area contributed by atoms with E-state index < -0.39 is 0 Å². The van der Waals surface area contributed by atoms with Gasteiger partial charge in [-0.1, -0.05) is 43.3 Å². The van der Waals surface area contributed by atoms with Gasteiger partial charge in [0.1, 0.15) is 30.1 Å². The van der Waals surface area contributed by atoms with Crippen molar-refractivity contribution in [1.29, 1.82) is 0 Å². The number of benzene rings is 2. The van der Waals surface area contributed by atoms with Gasteiger partial charge in [0.2, 0.25) is 0 Å². The lowest BCUT2D eigenvalue weighted by atomic mass is 10.1. The van der Waals surface area contributed by atoms with Crippen LogP contribution in [0.4, 0.5) is 0 Å². The van der Waals surface area contributed by atoms with Crippen LogP contribution in [-0.4, -0.2) is 32.7 Å². The Kier molecular flexibility index (Phi) is 4.58. The molecule has 6 nitrogen and oxygen atoms in total. The summed E-state index contributed by atoms with van der Waals surface area (Å²) >= 11 is 1.82. The minimum atomic E-state index is 0.331. The molecule has 0 saturated carbocycles. The van der Waals surface area contributed by atoms with Crippen LogP contribution in [0.5, 0.6) is 5.75 Å². The molecule has 1 aliphatic rings. The van der Waals surface area contributed by atoms with E-state index in [0.29, 0.717) is 12.4 Å². The van der Waals surface area contributed by atoms with Crippen LogP contribution in [-0.2, 0) is 19.6 Å². The first-order valence-corrected chi connectivity index (χ1v) is 11.7. The van der Waals surface area contributed by atoms with Crippen molar-refractivity contribution in [1.82, 2.24) is 19.6 Å². The summed E-state index contributed by atoms with van der Waals surface area (Å²) in [6.07, 6.45) is 4.09. The molecule has 6 rings (SSSR count). The van der Waals surface area contributed by atoms with Crippen LogP contribution in [0.3, 0.4) is 0 Å². The second-order valence-corrected chi connectivity index (χ2v) is 9.25. The number of fused-ring (bicyclic) bond motifs is 6. The van der Waals surface area contributed by atoms with E-state index in [1.54, 1.807) is 11.2 Å². The topological polar surface area (TPSA) is 56.8 Å². The Morgan fingerprint density at radius 2 is 2.06 bits per heavy atom. The molecule has 1 atom stereocenters. The van der Waals surface area contributed by atoms with Crippen LogP contribution in [0.15, 0.2) is 48.8 Å². The summed E-state index contributed by atoms with van der Waals surface area (Å²) in [5, 5.41) is 8.10. The Hall–Kier alpha value is -3.03. The number of ether oxygens (including phenoxy) is 1. The van der Waals surface area contributed by atoms with Crippen molar-refractivity contribution in [3.63, 3.8) is 0 Å². The van der Waals surface area contributed by atoms with Gasteiger partial charge in [0.25, 0.3) is 0 Å². The minimum absolute atomic E-state index is 0.331. The van der Waals surface area contributed by atoms with Crippen molar-refractivity contribution in [2.24, 2.45) is 0 Å². The minimum Gasteiger partial charge on any atom is -0.485 e. The van der Waals surface area contributed by atoms with E-state index in [0.717, 1.165) is 40.0 Å². The molecular weight excluding hydrogens is 406 g/mol. The largest absolute Gasteiger partial charge is 0.485 e. The normalized spacial score (nSPS) is 16.2. The molecule has 0 aliphatic carbocycles. The van der Waals surface area contributed by atoms with Gasteiger partial charge in [-0.25, -0.2) is 14.5 Å². The number of nitrogens with zero attached hydrogens (tertiary/aromatic N) is 4. The number of thiophene rings is 1. The first-order valence-electron chi connectivity index (χ1n) is 10.9. The molecule has 0 fully saturated rings. The van der Waals surface area contributed by atoms with Crippen molar-refractivity contribution in [3.8, 4) is 5.75 Å². The van der Waals surface area contributed by atoms with E-state index >= 15 is 0 Å². The molecular formula is C24H24N5OS+. The molecule has 1 aliphatic heterocycles. The zero-order valence-corrected chi connectivity index (χ0v) is 18.3. The predicted molar refractivity (Wildman–Crippen MR) is 123 cm³/mol. The van der Waals surface area contributed by atoms with E-state index in [2.05, 4.69) is 35.2 Å². The summed E-state index contributed by atoms with van der Waals surface area (Å²) in [4.78, 5) is 13.7. The standard InChI is InChI=1S/C24H23N5OS/c1-2-11-28-12-10-18-20(13-28)31-24-22(18)23-26-21(27-29(23)15-25-24)14-30-19-9-5-7-16-6-3-4-8-17(16)19/h3-9,15H,2,10-14H2,1H3/p+1. The van der Waals surface area contributed by atoms with Gasteiger partial charge in [0, 0.05) is 11.8 Å². The predicted octanol–water partition coefficient (Wildman–Crippen LogP) is 3.42. The lowest BCUT2D eigenvalue weighted by Crippen LogP contribution is -3.11. The van der Waals surface area contributed by atoms with E-state index in [1.165, 1.54) is 35.3 Å². The number of nitrogens with one attached hydrogen (secondary N) is 1. The van der Waals surface area contributed by atoms with Gasteiger partial charge >= 0.3 is 0 Å². The Labute approximate surface area is 184 Å². The van der Waals surface area contributed by atoms with Crippen LogP contribution in [0.25, 0.3) is 26.6 Å². The van der Waals surface area contributed by atoms with E-state index in [9.17, 15) is 0 Å². The van der Waals surface area contributed by atoms with Gasteiger partial charge in [-0.15, -0.1) is 16.4 Å². The average molecular weight is 431 g/mol. The molecule has 0 amide bonds. The molecule has 1 N–H and O–H groups in total. The van der Waals surface area contributed by atoms with Gasteiger partial charge in [0.15, 0.2) is 11.5 Å². The van der Waals surface area contributed by atoms with Gasteiger partial charge in [-0.2, -0.15) is 0 Å². The van der Waals surface area contributed by atoms with Gasteiger partial charge < -0.3 is 9.64 Å². The number of rotatable bonds is 5. The maximum absolute atomic E-state index is 6.12. The lowest BCUT2D eigenvalue weighted by molar-refractivity contribution is -0.915. The van der Waals surface area contributed by atoms with Crippen LogP contribution < -0.4 is 9.64 Å². The summed E-state index contributed by atoms with van der Waals surface area (Å²) < 4.78 is 7.93. The van der Waals surface area contributed by atoms with Gasteiger partial charge in [0.05, 0.1) is 23.4 Å². The quantitative estimate of drug-likeness (QED) is 0.464. The van der Waals surface area contributed by atoms with Crippen LogP contribution in [0.1, 0.15) is 29.6 Å². The lowest BCUT2D eigenvalue weighted by Gasteiger charge is -2.23. The van der Waals surface area contributed by atoms with E-state index in [1.807, 2.05) is 40.1 Å². The molecule has 7 heteroatoms. The third-order valence-corrected chi connectivity index (χ3v) is 7.24. The van der Waals surface area contributed by atoms with Crippen molar-refractivity contribution >= 4 is 38.0 Å². The Balaban J connectivity index is 1.33. The highest BCUT2D eigenvalue weighted by Gasteiger charge is 2.26. The van der Waals surface area contributed by atoms with Crippen molar-refractivity contribution < 1.29 is 9.64 Å². The monoisotopic (exact) mass is 430 g/mol. The number of quaternary nitrogens is 1. The smallest absolute Gasteiger partial charge is 0.189 e. The zero-order valence-electron chi connectivity index (χ0n) is 17.5. The molecule has 1 unspecified atom stereocenters. The molecule has 156 valence electrons. The summed E-state index contributed by atoms with van der Waals surface area (Å²) in [5.74, 6) is 1.53. The van der Waals surface area contributed by atoms with Crippen LogP contribution in [0, 0.1) is 0 Å². The molecule has 2 aromatic carbocycles. The van der Waals surface area contributed by atoms with Gasteiger partial charge in [-0.3, -0.25) is 0 Å². The van der Waals surface area contributed by atoms with Crippen LogP contribution in [0.2, 0.25) is 0 Å². The van der Waals surface area contributed by atoms with E-state index in [4.69, 9.17) is 9.72 Å². The van der Waals surface area contributed by atoms with Crippen molar-refractivity contribution in [3.05, 3.63) is 65.1 Å². The summed E-state index contributed by atoms with van der Waals surface area (Å²) in [6.45, 7) is 6.10. The fraction of sp³-hybridized carbons (Fsp3) is 0.292. The Morgan fingerprint density at radius 1 is 1.16 bits per heavy atom. The maximum atomic E-state index is 6.12. The maximum Gasteiger partial charge on any atom is 0.189 e. The Morgan fingerprint density at radius 3 is 3.00 bits per heavy atom. The molecule has 31 heavy (non-hydrogen) atoms. The molecule has 5 aromatic rings. The molecule has 0 bridgehead atoms. The number of hydrogen-bond donors (Lipinski definition) is 1. The second-order valence-electron chi connectivity index (χ2n) is 8.17. The summed E-state index contributed by atoms with van der Waals surface area (Å²) in [6, 6.07) is 14.4. The fourth-order valence-corrected chi connectivity index (χ4v) is 5.91. The first kappa shape index (κ1) is 18.7. The number of aromatic nitrogens is 4. The zero-order chi connectivity index (χ0) is 20.8. The number of hydrogen-bond acceptors (Lipinski definition) is 5. The van der Waals surface area contributed by atoms with Crippen LogP contribution >= 0.6 is 11.3 Å². The average Bonchev–Trinajstić information content (AvgIpc) is 3.38. The SMILES string of the molecule is CCC[NH+]1CCc2c(sc3ncn4nc(COc5cccc6ccccc56)nc4c23)C1. The molecule has 0 spiro atoms. The second kappa shape index (κ2) is 7.59. The third-order valence-electron chi connectivity index (χ3n) is 6.10. The van der Waals surface area contributed by atoms with Crippen molar-refractivity contribution in [2.75, 3.05) is 13.1 Å². The highest BCUT2D eigenvalue weighted by atomic mass is 32.1. The Bertz CT molecular complexity index is 1400. The summed E-state index contributed by atoms with van der Waals surface area (Å²) in [7, 11) is 0. The molecule has 0 radical (unpaired) electrons. The third kappa shape index (κ3) is 3.25. The molecule has 3 aromatic heterocycles. The highest BCUT2D eigenvalue weighted by molar-refractivity contribution is 7.19. The molecule has 0 saturated heterocycles. The fourth-order valence-electron chi connectivity index (χ4n) is 4.66.